The van der Waals surface area contributed by atoms with E-state index in [0.29, 0.717) is 0 Å². The second kappa shape index (κ2) is 5.80. The molecule has 1 aromatic heterocycles. The van der Waals surface area contributed by atoms with Crippen molar-refractivity contribution >= 4 is 16.6 Å². The number of nitrogens with zero attached hydrogens (tertiary/aromatic N) is 2. The molecule has 0 unspecified atom stereocenters. The smallest absolute Gasteiger partial charge is 0.162 e. The van der Waals surface area contributed by atoms with Crippen molar-refractivity contribution in [2.24, 2.45) is 5.92 Å². The number of piperidine rings is 1. The zero-order chi connectivity index (χ0) is 14.8. The molecule has 4 nitrogen and oxygen atoms in total. The number of hydrogen-bond donors (Lipinski definition) is 0. The van der Waals surface area contributed by atoms with E-state index in [1.807, 2.05) is 18.3 Å². The van der Waals surface area contributed by atoms with Gasteiger partial charge in [0, 0.05) is 36.4 Å². The van der Waals surface area contributed by atoms with Crippen LogP contribution in [0.25, 0.3) is 10.9 Å². The predicted octanol–water partition coefficient (Wildman–Crippen LogP) is 3.49. The van der Waals surface area contributed by atoms with Gasteiger partial charge < -0.3 is 14.4 Å². The van der Waals surface area contributed by atoms with Gasteiger partial charge in [-0.25, -0.2) is 0 Å². The first kappa shape index (κ1) is 14.0. The molecule has 0 spiro atoms. The van der Waals surface area contributed by atoms with E-state index in [4.69, 9.17) is 9.47 Å². The summed E-state index contributed by atoms with van der Waals surface area (Å²) < 4.78 is 10.8. The maximum Gasteiger partial charge on any atom is 0.162 e. The Labute approximate surface area is 125 Å². The zero-order valence-corrected chi connectivity index (χ0v) is 12.9. The van der Waals surface area contributed by atoms with Crippen LogP contribution in [0.2, 0.25) is 0 Å². The average molecular weight is 286 g/mol. The van der Waals surface area contributed by atoms with E-state index in [2.05, 4.69) is 22.9 Å². The van der Waals surface area contributed by atoms with E-state index < -0.39 is 0 Å². The number of rotatable bonds is 3. The lowest BCUT2D eigenvalue weighted by Crippen LogP contribution is -2.34. The maximum atomic E-state index is 5.44. The monoisotopic (exact) mass is 286 g/mol. The molecule has 0 amide bonds. The molecule has 0 saturated carbocycles. The third-order valence-corrected chi connectivity index (χ3v) is 4.22. The third-order valence-electron chi connectivity index (χ3n) is 4.22. The third kappa shape index (κ3) is 2.62. The Hall–Kier alpha value is -1.97. The molecule has 0 radical (unpaired) electrons. The molecule has 21 heavy (non-hydrogen) atoms. The molecule has 2 aromatic rings. The second-order valence-corrected chi connectivity index (χ2v) is 5.75. The Kier molecular flexibility index (Phi) is 3.86. The number of methoxy groups -OCH3 is 2. The molecule has 112 valence electrons. The highest BCUT2D eigenvalue weighted by Gasteiger charge is 2.19. The highest BCUT2D eigenvalue weighted by atomic mass is 16.5. The van der Waals surface area contributed by atoms with Crippen LogP contribution in [0, 0.1) is 5.92 Å². The minimum absolute atomic E-state index is 0.724. The summed E-state index contributed by atoms with van der Waals surface area (Å²) in [6.07, 6.45) is 4.44. The molecule has 1 atom stereocenters. The molecule has 2 heterocycles. The quantitative estimate of drug-likeness (QED) is 0.865. The van der Waals surface area contributed by atoms with Gasteiger partial charge in [-0.15, -0.1) is 0 Å². The normalized spacial score (nSPS) is 18.8. The van der Waals surface area contributed by atoms with Gasteiger partial charge in [0.15, 0.2) is 11.5 Å². The van der Waals surface area contributed by atoms with E-state index >= 15 is 0 Å². The minimum Gasteiger partial charge on any atom is -0.493 e. The van der Waals surface area contributed by atoms with Crippen molar-refractivity contribution in [3.63, 3.8) is 0 Å². The summed E-state index contributed by atoms with van der Waals surface area (Å²) >= 11 is 0. The first-order valence-electron chi connectivity index (χ1n) is 7.48. The van der Waals surface area contributed by atoms with E-state index in [0.717, 1.165) is 41.4 Å². The molecule has 0 bridgehead atoms. The van der Waals surface area contributed by atoms with E-state index in [1.165, 1.54) is 18.5 Å². The van der Waals surface area contributed by atoms with Crippen LogP contribution in [0.1, 0.15) is 19.8 Å². The fourth-order valence-corrected chi connectivity index (χ4v) is 3.14. The number of pyridine rings is 1. The van der Waals surface area contributed by atoms with Crippen LogP contribution in [0.3, 0.4) is 0 Å². The molecule has 1 saturated heterocycles. The lowest BCUT2D eigenvalue weighted by Gasteiger charge is -2.33. The Bertz CT molecular complexity index is 642. The number of benzene rings is 1. The number of ether oxygens (including phenoxy) is 2. The molecular formula is C17H22N2O2. The van der Waals surface area contributed by atoms with Gasteiger partial charge in [0.25, 0.3) is 0 Å². The lowest BCUT2D eigenvalue weighted by atomic mass is 9.99. The summed E-state index contributed by atoms with van der Waals surface area (Å²) in [7, 11) is 3.32. The Morgan fingerprint density at radius 3 is 2.67 bits per heavy atom. The van der Waals surface area contributed by atoms with E-state index in [1.54, 1.807) is 14.2 Å². The molecular weight excluding hydrogens is 264 g/mol. The summed E-state index contributed by atoms with van der Waals surface area (Å²) in [4.78, 5) is 6.94. The van der Waals surface area contributed by atoms with Crippen molar-refractivity contribution in [3.05, 3.63) is 24.4 Å². The van der Waals surface area contributed by atoms with Gasteiger partial charge >= 0.3 is 0 Å². The van der Waals surface area contributed by atoms with Crippen LogP contribution in [0.4, 0.5) is 5.69 Å². The molecule has 1 fully saturated rings. The fraction of sp³-hybridized carbons (Fsp3) is 0.471. The molecule has 3 rings (SSSR count). The molecule has 1 aromatic carbocycles. The van der Waals surface area contributed by atoms with Crippen molar-refractivity contribution in [1.82, 2.24) is 4.98 Å². The topological polar surface area (TPSA) is 34.6 Å². The van der Waals surface area contributed by atoms with E-state index in [-0.39, 0.29) is 0 Å². The van der Waals surface area contributed by atoms with Gasteiger partial charge in [0.05, 0.1) is 19.7 Å². The van der Waals surface area contributed by atoms with Crippen molar-refractivity contribution in [3.8, 4) is 11.5 Å². The summed E-state index contributed by atoms with van der Waals surface area (Å²) in [6, 6.07) is 6.09. The standard InChI is InChI=1S/C17H22N2O2/c1-12-5-4-8-19(11-12)15-6-7-18-14-10-17(21-3)16(20-2)9-13(14)15/h6-7,9-10,12H,4-5,8,11H2,1-3H3/t12-/m0/s1. The van der Waals surface area contributed by atoms with Crippen molar-refractivity contribution in [1.29, 1.82) is 0 Å². The average Bonchev–Trinajstić information content (AvgIpc) is 2.52. The zero-order valence-electron chi connectivity index (χ0n) is 12.9. The maximum absolute atomic E-state index is 5.44. The SMILES string of the molecule is COc1cc2nccc(N3CCC[C@H](C)C3)c2cc1OC. The molecule has 0 N–H and O–H groups in total. The molecule has 4 heteroatoms. The molecule has 1 aliphatic rings. The summed E-state index contributed by atoms with van der Waals surface area (Å²) in [6.45, 7) is 4.53. The Balaban J connectivity index is 2.10. The van der Waals surface area contributed by atoms with Crippen LogP contribution in [-0.4, -0.2) is 32.3 Å². The van der Waals surface area contributed by atoms with Gasteiger partial charge in [-0.2, -0.15) is 0 Å². The number of anilines is 1. The highest BCUT2D eigenvalue weighted by molar-refractivity contribution is 5.94. The molecule has 1 aliphatic heterocycles. The predicted molar refractivity (Wildman–Crippen MR) is 85.5 cm³/mol. The van der Waals surface area contributed by atoms with Crippen LogP contribution in [-0.2, 0) is 0 Å². The van der Waals surface area contributed by atoms with Gasteiger partial charge in [0.2, 0.25) is 0 Å². The number of hydrogen-bond acceptors (Lipinski definition) is 4. The number of fused-ring (bicyclic) bond motifs is 1. The summed E-state index contributed by atoms with van der Waals surface area (Å²) in [5, 5.41) is 1.13. The van der Waals surface area contributed by atoms with Crippen molar-refractivity contribution < 1.29 is 9.47 Å². The van der Waals surface area contributed by atoms with Gasteiger partial charge in [-0.1, -0.05) is 6.92 Å². The summed E-state index contributed by atoms with van der Waals surface area (Å²) in [5.74, 6) is 2.22. The van der Waals surface area contributed by atoms with E-state index in [9.17, 15) is 0 Å². The fourth-order valence-electron chi connectivity index (χ4n) is 3.14. The Morgan fingerprint density at radius 2 is 1.95 bits per heavy atom. The van der Waals surface area contributed by atoms with Crippen LogP contribution in [0.15, 0.2) is 24.4 Å². The van der Waals surface area contributed by atoms with Crippen molar-refractivity contribution in [2.45, 2.75) is 19.8 Å². The second-order valence-electron chi connectivity index (χ2n) is 5.75. The first-order valence-corrected chi connectivity index (χ1v) is 7.48. The van der Waals surface area contributed by atoms with Crippen LogP contribution >= 0.6 is 0 Å². The largest absolute Gasteiger partial charge is 0.493 e. The van der Waals surface area contributed by atoms with Crippen molar-refractivity contribution in [2.75, 3.05) is 32.2 Å². The first-order chi connectivity index (χ1) is 10.2. The number of aromatic nitrogens is 1. The van der Waals surface area contributed by atoms with Crippen LogP contribution in [0.5, 0.6) is 11.5 Å². The highest BCUT2D eigenvalue weighted by Crippen LogP contribution is 2.36. The lowest BCUT2D eigenvalue weighted by molar-refractivity contribution is 0.356. The minimum atomic E-state index is 0.724. The van der Waals surface area contributed by atoms with Crippen LogP contribution < -0.4 is 14.4 Å². The molecule has 0 aliphatic carbocycles. The van der Waals surface area contributed by atoms with Gasteiger partial charge in [-0.05, 0) is 30.9 Å². The van der Waals surface area contributed by atoms with Gasteiger partial charge in [-0.3, -0.25) is 4.98 Å². The van der Waals surface area contributed by atoms with Gasteiger partial charge in [0.1, 0.15) is 0 Å². The Morgan fingerprint density at radius 1 is 1.19 bits per heavy atom. The summed E-state index contributed by atoms with van der Waals surface area (Å²) in [5.41, 5.74) is 2.19.